The van der Waals surface area contributed by atoms with Gasteiger partial charge in [0.15, 0.2) is 11.5 Å². The summed E-state index contributed by atoms with van der Waals surface area (Å²) in [6.07, 6.45) is 0. The highest BCUT2D eigenvalue weighted by atomic mass is 16.5. The van der Waals surface area contributed by atoms with Crippen molar-refractivity contribution in [1.29, 1.82) is 0 Å². The summed E-state index contributed by atoms with van der Waals surface area (Å²) in [5, 5.41) is 0. The first-order valence-electron chi connectivity index (χ1n) is 8.01. The van der Waals surface area contributed by atoms with Crippen molar-refractivity contribution in [3.05, 3.63) is 47.5 Å². The van der Waals surface area contributed by atoms with E-state index in [9.17, 15) is 0 Å². The zero-order chi connectivity index (χ0) is 19.3. The first-order chi connectivity index (χ1) is 12.5. The molecule has 0 atom stereocenters. The molecule has 7 heteroatoms. The van der Waals surface area contributed by atoms with E-state index in [2.05, 4.69) is 5.43 Å². The first kappa shape index (κ1) is 19.3. The van der Waals surface area contributed by atoms with Crippen molar-refractivity contribution in [2.45, 2.75) is 0 Å². The third kappa shape index (κ3) is 3.78. The molecule has 2 aromatic rings. The van der Waals surface area contributed by atoms with Gasteiger partial charge in [0.1, 0.15) is 5.75 Å². The summed E-state index contributed by atoms with van der Waals surface area (Å²) in [5.74, 6) is 7.39. The zero-order valence-electron chi connectivity index (χ0n) is 15.8. The van der Waals surface area contributed by atoms with Crippen LogP contribution in [0.25, 0.3) is 11.4 Å². The predicted molar refractivity (Wildman–Crippen MR) is 105 cm³/mol. The van der Waals surface area contributed by atoms with Crippen molar-refractivity contribution in [3.8, 4) is 17.2 Å². The summed E-state index contributed by atoms with van der Waals surface area (Å²) in [5.41, 5.74) is 12.7. The number of methoxy groups -OCH3 is 3. The number of nitrogens with one attached hydrogen (secondary N) is 1. The van der Waals surface area contributed by atoms with Gasteiger partial charge in [-0.15, -0.1) is 0 Å². The molecule has 7 nitrogen and oxygen atoms in total. The van der Waals surface area contributed by atoms with Crippen molar-refractivity contribution in [1.82, 2.24) is 5.43 Å². The van der Waals surface area contributed by atoms with Gasteiger partial charge in [-0.05, 0) is 18.2 Å². The van der Waals surface area contributed by atoms with E-state index in [1.165, 1.54) is 0 Å². The van der Waals surface area contributed by atoms with Crippen LogP contribution in [0.1, 0.15) is 11.1 Å². The van der Waals surface area contributed by atoms with Gasteiger partial charge in [-0.2, -0.15) is 0 Å². The van der Waals surface area contributed by atoms with Crippen molar-refractivity contribution < 1.29 is 14.2 Å². The van der Waals surface area contributed by atoms with Gasteiger partial charge in [0.2, 0.25) is 0 Å². The SMILES string of the molecule is COc1cc(OC)c(OC)c(/C(N)=C(/NN)c2ccc(N(C)C)cc2)c1. The molecule has 2 rings (SSSR count). The Morgan fingerprint density at radius 1 is 0.962 bits per heavy atom. The van der Waals surface area contributed by atoms with Crippen LogP contribution in [-0.2, 0) is 0 Å². The minimum Gasteiger partial charge on any atom is -0.497 e. The molecule has 5 N–H and O–H groups in total. The van der Waals surface area contributed by atoms with Gasteiger partial charge in [0, 0.05) is 37.0 Å². The van der Waals surface area contributed by atoms with Gasteiger partial charge >= 0.3 is 0 Å². The topological polar surface area (TPSA) is 95.0 Å². The molecular weight excluding hydrogens is 332 g/mol. The van der Waals surface area contributed by atoms with Gasteiger partial charge in [-0.1, -0.05) is 12.1 Å². The van der Waals surface area contributed by atoms with E-state index in [0.717, 1.165) is 11.3 Å². The third-order valence-corrected chi connectivity index (χ3v) is 4.06. The normalized spacial score (nSPS) is 11.5. The lowest BCUT2D eigenvalue weighted by Crippen LogP contribution is -2.23. The Kier molecular flexibility index (Phi) is 6.19. The third-order valence-electron chi connectivity index (χ3n) is 4.06. The zero-order valence-corrected chi connectivity index (χ0v) is 15.8. The molecule has 0 aliphatic heterocycles. The van der Waals surface area contributed by atoms with Crippen LogP contribution in [0, 0.1) is 0 Å². The minimum absolute atomic E-state index is 0.416. The number of hydrazine groups is 1. The lowest BCUT2D eigenvalue weighted by atomic mass is 10.0. The Bertz CT molecular complexity index is 786. The molecule has 0 spiro atoms. The Hall–Kier alpha value is -3.06. The van der Waals surface area contributed by atoms with Crippen molar-refractivity contribution in [3.63, 3.8) is 0 Å². The molecule has 26 heavy (non-hydrogen) atoms. The highest BCUT2D eigenvalue weighted by molar-refractivity contribution is 5.91. The molecule has 0 heterocycles. The molecule has 0 unspecified atom stereocenters. The molecule has 0 saturated carbocycles. The summed E-state index contributed by atoms with van der Waals surface area (Å²) in [6, 6.07) is 11.4. The van der Waals surface area contributed by atoms with Crippen LogP contribution in [0.2, 0.25) is 0 Å². The van der Waals surface area contributed by atoms with E-state index in [1.807, 2.05) is 43.3 Å². The van der Waals surface area contributed by atoms with Crippen molar-refractivity contribution >= 4 is 17.1 Å². The number of rotatable bonds is 7. The Morgan fingerprint density at radius 2 is 1.62 bits per heavy atom. The fourth-order valence-corrected chi connectivity index (χ4v) is 2.63. The first-order valence-corrected chi connectivity index (χ1v) is 8.01. The smallest absolute Gasteiger partial charge is 0.170 e. The number of hydrogen-bond donors (Lipinski definition) is 3. The van der Waals surface area contributed by atoms with Crippen LogP contribution >= 0.6 is 0 Å². The molecule has 0 fully saturated rings. The number of benzene rings is 2. The van der Waals surface area contributed by atoms with Crippen LogP contribution in [0.3, 0.4) is 0 Å². The van der Waals surface area contributed by atoms with Crippen LogP contribution in [0.15, 0.2) is 36.4 Å². The average molecular weight is 358 g/mol. The minimum atomic E-state index is 0.416. The molecular formula is C19H26N4O3. The number of hydrogen-bond acceptors (Lipinski definition) is 7. The lowest BCUT2D eigenvalue weighted by Gasteiger charge is -2.18. The number of nitrogens with zero attached hydrogens (tertiary/aromatic N) is 1. The van der Waals surface area contributed by atoms with Crippen molar-refractivity contribution in [2.24, 2.45) is 11.6 Å². The Balaban J connectivity index is 2.63. The van der Waals surface area contributed by atoms with Crippen LogP contribution < -0.4 is 36.1 Å². The monoisotopic (exact) mass is 358 g/mol. The maximum atomic E-state index is 6.44. The van der Waals surface area contributed by atoms with E-state index >= 15 is 0 Å². The molecule has 0 aliphatic rings. The number of nitrogens with two attached hydrogens (primary N) is 2. The van der Waals surface area contributed by atoms with Crippen LogP contribution in [0.4, 0.5) is 5.69 Å². The summed E-state index contributed by atoms with van der Waals surface area (Å²) < 4.78 is 16.2. The highest BCUT2D eigenvalue weighted by Gasteiger charge is 2.18. The summed E-state index contributed by atoms with van der Waals surface area (Å²) in [6.45, 7) is 0. The lowest BCUT2D eigenvalue weighted by molar-refractivity contribution is 0.348. The second kappa shape index (κ2) is 8.35. The second-order valence-electron chi connectivity index (χ2n) is 5.78. The van der Waals surface area contributed by atoms with Gasteiger partial charge in [0.25, 0.3) is 0 Å². The summed E-state index contributed by atoms with van der Waals surface area (Å²) in [7, 11) is 8.65. The van der Waals surface area contributed by atoms with E-state index in [4.69, 9.17) is 25.8 Å². The Morgan fingerprint density at radius 3 is 2.08 bits per heavy atom. The van der Waals surface area contributed by atoms with Crippen LogP contribution in [-0.4, -0.2) is 35.4 Å². The summed E-state index contributed by atoms with van der Waals surface area (Å²) >= 11 is 0. The largest absolute Gasteiger partial charge is 0.497 e. The van der Waals surface area contributed by atoms with Gasteiger partial charge < -0.3 is 30.3 Å². The van der Waals surface area contributed by atoms with Gasteiger partial charge in [-0.25, -0.2) is 0 Å². The van der Waals surface area contributed by atoms with E-state index in [1.54, 1.807) is 33.5 Å². The van der Waals surface area contributed by atoms with E-state index in [-0.39, 0.29) is 0 Å². The average Bonchev–Trinajstić information content (AvgIpc) is 2.67. The molecule has 0 aliphatic carbocycles. The van der Waals surface area contributed by atoms with E-state index < -0.39 is 0 Å². The molecule has 0 amide bonds. The second-order valence-corrected chi connectivity index (χ2v) is 5.78. The molecule has 0 saturated heterocycles. The van der Waals surface area contributed by atoms with Gasteiger partial charge in [0.05, 0.1) is 32.7 Å². The van der Waals surface area contributed by atoms with Gasteiger partial charge in [-0.3, -0.25) is 5.84 Å². The van der Waals surface area contributed by atoms with Crippen LogP contribution in [0.5, 0.6) is 17.2 Å². The fraction of sp³-hybridized carbons (Fsp3) is 0.263. The van der Waals surface area contributed by atoms with Crippen molar-refractivity contribution in [2.75, 3.05) is 40.3 Å². The Labute approximate surface area is 154 Å². The quantitative estimate of drug-likeness (QED) is 0.396. The summed E-state index contributed by atoms with van der Waals surface area (Å²) in [4.78, 5) is 2.02. The highest BCUT2D eigenvalue weighted by Crippen LogP contribution is 2.39. The molecule has 0 radical (unpaired) electrons. The number of anilines is 1. The predicted octanol–water partition coefficient (Wildman–Crippen LogP) is 2.03. The maximum absolute atomic E-state index is 6.44. The molecule has 2 aromatic carbocycles. The molecule has 0 bridgehead atoms. The van der Waals surface area contributed by atoms with E-state index in [0.29, 0.717) is 34.2 Å². The fourth-order valence-electron chi connectivity index (χ4n) is 2.63. The number of ether oxygens (including phenoxy) is 3. The maximum Gasteiger partial charge on any atom is 0.170 e. The molecule has 0 aromatic heterocycles. The standard InChI is InChI=1S/C19H26N4O3/c1-23(2)13-8-6-12(7-9-13)18(22-21)17(20)15-10-14(24-3)11-16(25-4)19(15)26-5/h6-11,22H,20-21H2,1-5H3/b18-17-. The molecule has 140 valence electrons.